The van der Waals surface area contributed by atoms with E-state index in [9.17, 15) is 4.79 Å². The van der Waals surface area contributed by atoms with Gasteiger partial charge in [-0.15, -0.1) is 17.5 Å². The second-order valence-corrected chi connectivity index (χ2v) is 6.14. The number of rotatable bonds is 8. The zero-order chi connectivity index (χ0) is 18.4. The Labute approximate surface area is 161 Å². The lowest BCUT2D eigenvalue weighted by Crippen LogP contribution is -2.33. The van der Waals surface area contributed by atoms with Crippen molar-refractivity contribution in [1.29, 1.82) is 0 Å². The van der Waals surface area contributed by atoms with Crippen LogP contribution in [0.25, 0.3) is 5.69 Å². The smallest absolute Gasteiger partial charge is 0.276 e. The summed E-state index contributed by atoms with van der Waals surface area (Å²) < 4.78 is 7.38. The molecule has 0 spiro atoms. The van der Waals surface area contributed by atoms with E-state index in [2.05, 4.69) is 15.6 Å². The third-order valence-corrected chi connectivity index (χ3v) is 3.80. The summed E-state index contributed by atoms with van der Waals surface area (Å²) in [5.41, 5.74) is 2.07. The number of nitrogens with one attached hydrogen (secondary N) is 1. The summed E-state index contributed by atoms with van der Waals surface area (Å²) in [6.45, 7) is 7.32. The maximum atomic E-state index is 12.6. The first-order valence-electron chi connectivity index (χ1n) is 8.59. The summed E-state index contributed by atoms with van der Waals surface area (Å²) in [5, 5.41) is 11.4. The van der Waals surface area contributed by atoms with Crippen LogP contribution in [0.2, 0.25) is 0 Å². The van der Waals surface area contributed by atoms with E-state index in [0.29, 0.717) is 18.7 Å². The van der Waals surface area contributed by atoms with Gasteiger partial charge in [-0.2, -0.15) is 0 Å². The van der Waals surface area contributed by atoms with Gasteiger partial charge in [0.2, 0.25) is 0 Å². The number of hydrogen-bond donors (Lipinski definition) is 1. The summed E-state index contributed by atoms with van der Waals surface area (Å²) >= 11 is 0. The summed E-state index contributed by atoms with van der Waals surface area (Å²) in [6.07, 6.45) is 0.791. The molecule has 0 aliphatic rings. The van der Waals surface area contributed by atoms with Crippen LogP contribution >= 0.6 is 12.4 Å². The first-order chi connectivity index (χ1) is 12.0. The molecule has 0 saturated heterocycles. The van der Waals surface area contributed by atoms with Crippen LogP contribution in [-0.4, -0.2) is 59.1 Å². The van der Waals surface area contributed by atoms with E-state index in [1.165, 1.54) is 0 Å². The van der Waals surface area contributed by atoms with E-state index in [-0.39, 0.29) is 24.4 Å². The Morgan fingerprint density at radius 2 is 1.96 bits per heavy atom. The van der Waals surface area contributed by atoms with Gasteiger partial charge >= 0.3 is 0 Å². The molecule has 1 aromatic carbocycles. The van der Waals surface area contributed by atoms with Crippen LogP contribution in [0.5, 0.6) is 5.75 Å². The molecule has 0 fully saturated rings. The van der Waals surface area contributed by atoms with Gasteiger partial charge in [0.15, 0.2) is 5.69 Å². The number of ether oxygens (including phenoxy) is 1. The Kier molecular flexibility index (Phi) is 8.54. The fourth-order valence-electron chi connectivity index (χ4n) is 2.49. The molecule has 0 unspecified atom stereocenters. The third kappa shape index (κ3) is 5.19. The average Bonchev–Trinajstić information content (AvgIpc) is 3.03. The predicted molar refractivity (Wildman–Crippen MR) is 105 cm³/mol. The number of likely N-dealkylation sites (N-methyl/N-ethyl adjacent to an activating group) is 2. The maximum absolute atomic E-state index is 12.6. The molecule has 0 aliphatic heterocycles. The molecule has 1 N–H and O–H groups in total. The molecule has 1 amide bonds. The van der Waals surface area contributed by atoms with Crippen molar-refractivity contribution in [2.75, 3.05) is 27.2 Å². The number of hydrogen-bond acceptors (Lipinski definition) is 5. The Morgan fingerprint density at radius 3 is 2.50 bits per heavy atom. The average molecular weight is 382 g/mol. The Bertz CT molecular complexity index is 700. The zero-order valence-electron chi connectivity index (χ0n) is 16.0. The lowest BCUT2D eigenvalue weighted by atomic mass is 10.2. The standard InChI is InChI=1S/C18H27N5O2.ClH/c1-6-16-17(18(24)22(5)12-11-19-4)20-21-23(16)14-7-9-15(10-8-14)25-13(2)3;/h7-10,13,19H,6,11-12H2,1-5H3;1H. The molecule has 0 bridgehead atoms. The number of nitrogens with zero attached hydrogens (tertiary/aromatic N) is 4. The minimum absolute atomic E-state index is 0. The number of aromatic nitrogens is 3. The lowest BCUT2D eigenvalue weighted by Gasteiger charge is -2.16. The van der Waals surface area contributed by atoms with Crippen LogP contribution in [0.3, 0.4) is 0 Å². The molecule has 2 aromatic rings. The van der Waals surface area contributed by atoms with Crippen molar-refractivity contribution in [2.24, 2.45) is 0 Å². The van der Waals surface area contributed by atoms with Crippen molar-refractivity contribution < 1.29 is 9.53 Å². The highest BCUT2D eigenvalue weighted by Crippen LogP contribution is 2.19. The quantitative estimate of drug-likeness (QED) is 0.759. The van der Waals surface area contributed by atoms with Crippen LogP contribution in [0.1, 0.15) is 37.0 Å². The largest absolute Gasteiger partial charge is 0.491 e. The summed E-state index contributed by atoms with van der Waals surface area (Å²) in [4.78, 5) is 14.3. The highest BCUT2D eigenvalue weighted by atomic mass is 35.5. The van der Waals surface area contributed by atoms with Crippen LogP contribution in [-0.2, 0) is 6.42 Å². The highest BCUT2D eigenvalue weighted by molar-refractivity contribution is 5.93. The van der Waals surface area contributed by atoms with Crippen LogP contribution in [0, 0.1) is 0 Å². The minimum Gasteiger partial charge on any atom is -0.491 e. The van der Waals surface area contributed by atoms with Gasteiger partial charge in [-0.3, -0.25) is 4.79 Å². The fraction of sp³-hybridized carbons (Fsp3) is 0.500. The molecular formula is C18H28ClN5O2. The highest BCUT2D eigenvalue weighted by Gasteiger charge is 2.22. The molecular weight excluding hydrogens is 354 g/mol. The van der Waals surface area contributed by atoms with Gasteiger partial charge in [0.25, 0.3) is 5.91 Å². The van der Waals surface area contributed by atoms with Gasteiger partial charge < -0.3 is 15.0 Å². The summed E-state index contributed by atoms with van der Waals surface area (Å²) in [7, 11) is 3.63. The minimum atomic E-state index is -0.113. The van der Waals surface area contributed by atoms with E-state index >= 15 is 0 Å². The maximum Gasteiger partial charge on any atom is 0.276 e. The monoisotopic (exact) mass is 381 g/mol. The Morgan fingerprint density at radius 1 is 1.31 bits per heavy atom. The van der Waals surface area contributed by atoms with Crippen molar-refractivity contribution in [2.45, 2.75) is 33.3 Å². The van der Waals surface area contributed by atoms with E-state index in [1.807, 2.05) is 52.1 Å². The molecule has 144 valence electrons. The van der Waals surface area contributed by atoms with E-state index in [1.54, 1.807) is 16.6 Å². The first kappa shape index (κ1) is 21.9. The molecule has 2 rings (SSSR count). The number of halogens is 1. The Hall–Kier alpha value is -2.12. The Balaban J connectivity index is 0.00000338. The zero-order valence-corrected chi connectivity index (χ0v) is 16.8. The van der Waals surface area contributed by atoms with Crippen LogP contribution in [0.4, 0.5) is 0 Å². The van der Waals surface area contributed by atoms with Gasteiger partial charge in [-0.05, 0) is 51.6 Å². The molecule has 1 aromatic heterocycles. The van der Waals surface area contributed by atoms with Crippen molar-refractivity contribution in [3.63, 3.8) is 0 Å². The molecule has 0 saturated carbocycles. The van der Waals surface area contributed by atoms with Gasteiger partial charge in [-0.1, -0.05) is 12.1 Å². The molecule has 0 radical (unpaired) electrons. The molecule has 1 heterocycles. The lowest BCUT2D eigenvalue weighted by molar-refractivity contribution is 0.0790. The number of carbonyl (C=O) groups excluding carboxylic acids is 1. The summed E-state index contributed by atoms with van der Waals surface area (Å²) in [6, 6.07) is 7.64. The molecule has 26 heavy (non-hydrogen) atoms. The van der Waals surface area contributed by atoms with Crippen molar-refractivity contribution in [3.05, 3.63) is 35.7 Å². The van der Waals surface area contributed by atoms with Gasteiger partial charge in [0.05, 0.1) is 17.5 Å². The van der Waals surface area contributed by atoms with Gasteiger partial charge in [-0.25, -0.2) is 4.68 Å². The van der Waals surface area contributed by atoms with E-state index in [4.69, 9.17) is 4.74 Å². The SMILES string of the molecule is CCc1c(C(=O)N(C)CCNC)nnn1-c1ccc(OC(C)C)cc1.Cl. The number of carbonyl (C=O) groups is 1. The van der Waals surface area contributed by atoms with E-state index in [0.717, 1.165) is 23.7 Å². The van der Waals surface area contributed by atoms with Crippen molar-refractivity contribution >= 4 is 18.3 Å². The van der Waals surface area contributed by atoms with Crippen molar-refractivity contribution in [3.8, 4) is 11.4 Å². The molecule has 0 atom stereocenters. The third-order valence-electron chi connectivity index (χ3n) is 3.80. The second kappa shape index (κ2) is 10.1. The number of amides is 1. The molecule has 7 nitrogen and oxygen atoms in total. The van der Waals surface area contributed by atoms with Crippen molar-refractivity contribution in [1.82, 2.24) is 25.2 Å². The molecule has 0 aliphatic carbocycles. The normalized spacial score (nSPS) is 10.5. The topological polar surface area (TPSA) is 72.3 Å². The summed E-state index contributed by atoms with van der Waals surface area (Å²) in [5.74, 6) is 0.693. The van der Waals surface area contributed by atoms with E-state index < -0.39 is 0 Å². The molecule has 8 heteroatoms. The van der Waals surface area contributed by atoms with Crippen LogP contribution < -0.4 is 10.1 Å². The van der Waals surface area contributed by atoms with Gasteiger partial charge in [0.1, 0.15) is 5.75 Å². The van der Waals surface area contributed by atoms with Crippen LogP contribution in [0.15, 0.2) is 24.3 Å². The first-order valence-corrected chi connectivity index (χ1v) is 8.59. The fourth-order valence-corrected chi connectivity index (χ4v) is 2.49. The van der Waals surface area contributed by atoms with Gasteiger partial charge in [0, 0.05) is 20.1 Å². The second-order valence-electron chi connectivity index (χ2n) is 6.14. The number of benzene rings is 1. The predicted octanol–water partition coefficient (Wildman–Crippen LogP) is 2.33.